The second-order valence-corrected chi connectivity index (χ2v) is 4.07. The maximum absolute atomic E-state index is 11.4. The molecule has 80 valence electrons. The van der Waals surface area contributed by atoms with Gasteiger partial charge in [-0.05, 0) is 31.6 Å². The molecule has 0 bridgehead atoms. The molecule has 2 atom stereocenters. The molecule has 0 aromatic heterocycles. The second kappa shape index (κ2) is 5.18. The molecule has 0 radical (unpaired) electrons. The monoisotopic (exact) mass is 196 g/mol. The van der Waals surface area contributed by atoms with Crippen molar-refractivity contribution < 1.29 is 9.53 Å². The van der Waals surface area contributed by atoms with Crippen molar-refractivity contribution in [2.24, 2.45) is 5.92 Å². The van der Waals surface area contributed by atoms with Crippen LogP contribution in [0.3, 0.4) is 0 Å². The van der Waals surface area contributed by atoms with Crippen molar-refractivity contribution in [2.45, 2.75) is 52.1 Å². The second-order valence-electron chi connectivity index (χ2n) is 4.07. The summed E-state index contributed by atoms with van der Waals surface area (Å²) in [6.07, 6.45) is 5.30. The van der Waals surface area contributed by atoms with E-state index >= 15 is 0 Å². The summed E-state index contributed by atoms with van der Waals surface area (Å²) in [6, 6.07) is 0. The Morgan fingerprint density at radius 1 is 1.43 bits per heavy atom. The highest BCUT2D eigenvalue weighted by atomic mass is 16.5. The molecule has 0 amide bonds. The predicted molar refractivity (Wildman–Crippen MR) is 56.9 cm³/mol. The van der Waals surface area contributed by atoms with Crippen LogP contribution in [0, 0.1) is 5.92 Å². The van der Waals surface area contributed by atoms with Crippen LogP contribution in [0.15, 0.2) is 12.2 Å². The number of hydrogen-bond donors (Lipinski definition) is 0. The van der Waals surface area contributed by atoms with Crippen molar-refractivity contribution in [3.8, 4) is 0 Å². The lowest BCUT2D eigenvalue weighted by Gasteiger charge is -2.12. The summed E-state index contributed by atoms with van der Waals surface area (Å²) in [4.78, 5) is 11.4. The highest BCUT2D eigenvalue weighted by Crippen LogP contribution is 2.30. The van der Waals surface area contributed by atoms with Crippen LogP contribution in [0.4, 0.5) is 0 Å². The van der Waals surface area contributed by atoms with Crippen LogP contribution in [0.2, 0.25) is 0 Å². The van der Waals surface area contributed by atoms with Crippen molar-refractivity contribution in [3.05, 3.63) is 12.2 Å². The van der Waals surface area contributed by atoms with E-state index in [-0.39, 0.29) is 12.1 Å². The fourth-order valence-electron chi connectivity index (χ4n) is 1.89. The Morgan fingerprint density at radius 2 is 2.14 bits per heavy atom. The smallest absolute Gasteiger partial charge is 0.333 e. The van der Waals surface area contributed by atoms with E-state index in [2.05, 4.69) is 13.5 Å². The minimum atomic E-state index is -0.200. The largest absolute Gasteiger partial charge is 0.459 e. The zero-order chi connectivity index (χ0) is 10.6. The number of rotatable bonds is 4. The number of esters is 1. The van der Waals surface area contributed by atoms with Crippen LogP contribution in [-0.2, 0) is 9.53 Å². The van der Waals surface area contributed by atoms with Crippen LogP contribution < -0.4 is 0 Å². The van der Waals surface area contributed by atoms with Gasteiger partial charge in [-0.2, -0.15) is 0 Å². The fraction of sp³-hybridized carbons (Fsp3) is 0.750. The quantitative estimate of drug-likeness (QED) is 0.510. The molecule has 2 unspecified atom stereocenters. The van der Waals surface area contributed by atoms with E-state index in [1.54, 1.807) is 0 Å². The van der Waals surface area contributed by atoms with Crippen LogP contribution >= 0.6 is 0 Å². The molecule has 0 aliphatic heterocycles. The Labute approximate surface area is 86.3 Å². The molecule has 0 spiro atoms. The Balaban J connectivity index is 2.32. The normalized spacial score (nSPS) is 26.1. The molecule has 0 aromatic carbocycles. The molecule has 2 heteroatoms. The maximum atomic E-state index is 11.4. The third-order valence-electron chi connectivity index (χ3n) is 3.06. The van der Waals surface area contributed by atoms with Gasteiger partial charge in [0.1, 0.15) is 6.10 Å². The number of hydrogen-bond acceptors (Lipinski definition) is 2. The number of carbonyl (C=O) groups is 1. The minimum absolute atomic E-state index is 0.149. The van der Waals surface area contributed by atoms with Gasteiger partial charge in [-0.1, -0.05) is 26.8 Å². The van der Waals surface area contributed by atoms with Crippen LogP contribution in [0.1, 0.15) is 46.0 Å². The molecular formula is C12H20O2. The van der Waals surface area contributed by atoms with Crippen molar-refractivity contribution in [1.29, 1.82) is 0 Å². The lowest BCUT2D eigenvalue weighted by molar-refractivity contribution is -0.144. The van der Waals surface area contributed by atoms with E-state index in [1.807, 2.05) is 6.92 Å². The maximum Gasteiger partial charge on any atom is 0.333 e. The van der Waals surface area contributed by atoms with Gasteiger partial charge in [0, 0.05) is 5.57 Å². The molecule has 14 heavy (non-hydrogen) atoms. The zero-order valence-corrected chi connectivity index (χ0v) is 9.21. The molecule has 1 fully saturated rings. The molecule has 1 aliphatic rings. The van der Waals surface area contributed by atoms with Gasteiger partial charge in [0.15, 0.2) is 0 Å². The first kappa shape index (κ1) is 11.3. The van der Waals surface area contributed by atoms with E-state index in [9.17, 15) is 4.79 Å². The molecule has 1 saturated carbocycles. The SMILES string of the molecule is C=C(CC)C(=O)OC1CCC(CC)C1. The first-order chi connectivity index (χ1) is 6.67. The van der Waals surface area contributed by atoms with Crippen LogP contribution in [-0.4, -0.2) is 12.1 Å². The highest BCUT2D eigenvalue weighted by Gasteiger charge is 2.26. The summed E-state index contributed by atoms with van der Waals surface area (Å²) in [7, 11) is 0. The van der Waals surface area contributed by atoms with E-state index in [1.165, 1.54) is 12.8 Å². The van der Waals surface area contributed by atoms with Gasteiger partial charge in [-0.3, -0.25) is 0 Å². The van der Waals surface area contributed by atoms with E-state index < -0.39 is 0 Å². The fourth-order valence-corrected chi connectivity index (χ4v) is 1.89. The van der Waals surface area contributed by atoms with Crippen molar-refractivity contribution in [3.63, 3.8) is 0 Å². The molecule has 0 aromatic rings. The Kier molecular flexibility index (Phi) is 4.18. The van der Waals surface area contributed by atoms with Crippen molar-refractivity contribution >= 4 is 5.97 Å². The Morgan fingerprint density at radius 3 is 2.64 bits per heavy atom. The standard InChI is InChI=1S/C12H20O2/c1-4-9(3)12(13)14-11-7-6-10(5-2)8-11/h10-11H,3-8H2,1-2H3. The van der Waals surface area contributed by atoms with Crippen LogP contribution in [0.5, 0.6) is 0 Å². The molecule has 1 rings (SSSR count). The van der Waals surface area contributed by atoms with Gasteiger partial charge in [-0.15, -0.1) is 0 Å². The molecule has 0 saturated heterocycles. The predicted octanol–water partition coefficient (Wildman–Crippen LogP) is 3.07. The lowest BCUT2D eigenvalue weighted by atomic mass is 10.1. The van der Waals surface area contributed by atoms with E-state index in [0.29, 0.717) is 12.0 Å². The third-order valence-corrected chi connectivity index (χ3v) is 3.06. The van der Waals surface area contributed by atoms with Crippen LogP contribution in [0.25, 0.3) is 0 Å². The summed E-state index contributed by atoms with van der Waals surface area (Å²) in [5, 5.41) is 0. The summed E-state index contributed by atoms with van der Waals surface area (Å²) in [5.41, 5.74) is 0.588. The summed E-state index contributed by atoms with van der Waals surface area (Å²) < 4.78 is 5.36. The van der Waals surface area contributed by atoms with E-state index in [4.69, 9.17) is 4.74 Å². The molecule has 1 aliphatic carbocycles. The minimum Gasteiger partial charge on any atom is -0.459 e. The van der Waals surface area contributed by atoms with Gasteiger partial charge in [0.25, 0.3) is 0 Å². The molecule has 0 N–H and O–H groups in total. The van der Waals surface area contributed by atoms with Gasteiger partial charge in [0.05, 0.1) is 0 Å². The summed E-state index contributed by atoms with van der Waals surface area (Å²) in [6.45, 7) is 7.80. The van der Waals surface area contributed by atoms with Gasteiger partial charge in [0.2, 0.25) is 0 Å². The third kappa shape index (κ3) is 2.86. The van der Waals surface area contributed by atoms with Crippen molar-refractivity contribution in [2.75, 3.05) is 0 Å². The Hall–Kier alpha value is -0.790. The first-order valence-electron chi connectivity index (χ1n) is 5.56. The number of ether oxygens (including phenoxy) is 1. The highest BCUT2D eigenvalue weighted by molar-refractivity contribution is 5.87. The summed E-state index contributed by atoms with van der Waals surface area (Å²) in [5.74, 6) is 0.553. The van der Waals surface area contributed by atoms with Crippen molar-refractivity contribution in [1.82, 2.24) is 0 Å². The van der Waals surface area contributed by atoms with Gasteiger partial charge < -0.3 is 4.74 Å². The zero-order valence-electron chi connectivity index (χ0n) is 9.21. The molecule has 2 nitrogen and oxygen atoms in total. The average Bonchev–Trinajstić information content (AvgIpc) is 2.64. The molecule has 0 heterocycles. The van der Waals surface area contributed by atoms with Gasteiger partial charge in [-0.25, -0.2) is 4.79 Å². The first-order valence-corrected chi connectivity index (χ1v) is 5.56. The number of carbonyl (C=O) groups excluding carboxylic acids is 1. The topological polar surface area (TPSA) is 26.3 Å². The van der Waals surface area contributed by atoms with E-state index in [0.717, 1.165) is 18.8 Å². The Bertz CT molecular complexity index is 220. The summed E-state index contributed by atoms with van der Waals surface area (Å²) >= 11 is 0. The lowest BCUT2D eigenvalue weighted by Crippen LogP contribution is -2.16. The molecular weight excluding hydrogens is 176 g/mol. The average molecular weight is 196 g/mol. The van der Waals surface area contributed by atoms with Gasteiger partial charge >= 0.3 is 5.97 Å².